The van der Waals surface area contributed by atoms with E-state index in [1.54, 1.807) is 12.1 Å². The highest BCUT2D eigenvalue weighted by molar-refractivity contribution is 14.1. The van der Waals surface area contributed by atoms with Crippen molar-refractivity contribution in [3.05, 3.63) is 26.2 Å². The fourth-order valence-electron chi connectivity index (χ4n) is 2.14. The summed E-state index contributed by atoms with van der Waals surface area (Å²) in [6, 6.07) is 3.66. The average Bonchev–Trinajstić information content (AvgIpc) is 2.78. The third-order valence-corrected chi connectivity index (χ3v) is 5.26. The number of carboxylic acids is 1. The molecule has 1 fully saturated rings. The highest BCUT2D eigenvalue weighted by Crippen LogP contribution is 2.37. The Kier molecular flexibility index (Phi) is 7.08. The van der Waals surface area contributed by atoms with Crippen molar-refractivity contribution in [2.45, 2.75) is 13.8 Å². The van der Waals surface area contributed by atoms with Gasteiger partial charge in [-0.2, -0.15) is 0 Å². The zero-order chi connectivity index (χ0) is 18.6. The number of amides is 1. The van der Waals surface area contributed by atoms with Gasteiger partial charge in [0.1, 0.15) is 10.9 Å². The number of rotatable bonds is 7. The molecule has 0 saturated carbocycles. The summed E-state index contributed by atoms with van der Waals surface area (Å²) in [5.41, 5.74) is 0.757. The zero-order valence-corrected chi connectivity index (χ0v) is 17.4. The lowest BCUT2D eigenvalue weighted by Crippen LogP contribution is -2.33. The topological polar surface area (TPSA) is 76.1 Å². The number of carbonyl (C=O) groups excluding carboxylic acids is 1. The molecular weight excluding hydrogens is 477 g/mol. The number of benzene rings is 1. The van der Waals surface area contributed by atoms with Crippen molar-refractivity contribution in [1.29, 1.82) is 0 Å². The number of thiocarbonyl (C=S) groups is 1. The first-order chi connectivity index (χ1) is 11.9. The van der Waals surface area contributed by atoms with Gasteiger partial charge in [-0.15, -0.1) is 0 Å². The molecule has 9 heteroatoms. The van der Waals surface area contributed by atoms with Crippen LogP contribution in [0.25, 0.3) is 6.08 Å². The third-order valence-electron chi connectivity index (χ3n) is 3.09. The van der Waals surface area contributed by atoms with Gasteiger partial charge in [-0.05, 0) is 60.2 Å². The van der Waals surface area contributed by atoms with Gasteiger partial charge < -0.3 is 14.6 Å². The lowest BCUT2D eigenvalue weighted by molar-refractivity contribution is -0.140. The molecule has 0 spiro atoms. The van der Waals surface area contributed by atoms with Crippen LogP contribution in [0.2, 0.25) is 0 Å². The minimum atomic E-state index is -1.10. The van der Waals surface area contributed by atoms with Crippen molar-refractivity contribution in [3.8, 4) is 11.5 Å². The van der Waals surface area contributed by atoms with Crippen LogP contribution in [0.3, 0.4) is 0 Å². The van der Waals surface area contributed by atoms with Gasteiger partial charge in [0.05, 0.1) is 21.7 Å². The normalized spacial score (nSPS) is 15.8. The molecule has 0 radical (unpaired) electrons. The highest BCUT2D eigenvalue weighted by Gasteiger charge is 2.33. The summed E-state index contributed by atoms with van der Waals surface area (Å²) in [5.74, 6) is -0.241. The van der Waals surface area contributed by atoms with Crippen LogP contribution >= 0.6 is 46.6 Å². The zero-order valence-electron chi connectivity index (χ0n) is 13.6. The van der Waals surface area contributed by atoms with E-state index < -0.39 is 18.4 Å². The van der Waals surface area contributed by atoms with E-state index in [1.165, 1.54) is 0 Å². The molecule has 1 saturated heterocycles. The maximum absolute atomic E-state index is 12.3. The summed E-state index contributed by atoms with van der Waals surface area (Å²) in [4.78, 5) is 24.7. The van der Waals surface area contributed by atoms with Crippen LogP contribution in [0.5, 0.6) is 11.5 Å². The molecule has 1 amide bonds. The van der Waals surface area contributed by atoms with Crippen LogP contribution in [0.1, 0.15) is 19.4 Å². The van der Waals surface area contributed by atoms with Crippen molar-refractivity contribution in [1.82, 2.24) is 4.90 Å². The Hall–Kier alpha value is -1.33. The largest absolute Gasteiger partial charge is 0.490 e. The first kappa shape index (κ1) is 20.0. The molecule has 0 unspecified atom stereocenters. The number of carboxylic acid groups (broad SMARTS) is 1. The van der Waals surface area contributed by atoms with E-state index >= 15 is 0 Å². The van der Waals surface area contributed by atoms with Gasteiger partial charge in [0.2, 0.25) is 0 Å². The number of ether oxygens (including phenoxy) is 2. The summed E-state index contributed by atoms with van der Waals surface area (Å²) < 4.78 is 12.4. The van der Waals surface area contributed by atoms with Gasteiger partial charge >= 0.3 is 5.97 Å². The van der Waals surface area contributed by atoms with E-state index in [1.807, 2.05) is 19.9 Å². The fourth-order valence-corrected chi connectivity index (χ4v) is 4.18. The first-order valence-corrected chi connectivity index (χ1v) is 9.74. The number of hydrogen-bond donors (Lipinski definition) is 1. The van der Waals surface area contributed by atoms with Crippen LogP contribution in [0.4, 0.5) is 0 Å². The average molecular weight is 493 g/mol. The molecule has 0 aromatic heterocycles. The van der Waals surface area contributed by atoms with Crippen LogP contribution in [-0.2, 0) is 9.59 Å². The van der Waals surface area contributed by atoms with Crippen molar-refractivity contribution in [3.63, 3.8) is 0 Å². The molecule has 0 aliphatic carbocycles. The second-order valence-corrected chi connectivity index (χ2v) is 7.70. The van der Waals surface area contributed by atoms with Gasteiger partial charge in [0.25, 0.3) is 5.91 Å². The Bertz CT molecular complexity index is 750. The standard InChI is InChI=1S/C16H16INO5S2/c1-3-22-11-6-9(5-10(17)14(11)23-4-2)7-12-15(21)18(8-13(19)20)16(24)25-12/h5-7H,3-4,8H2,1-2H3,(H,19,20). The van der Waals surface area contributed by atoms with E-state index in [9.17, 15) is 9.59 Å². The summed E-state index contributed by atoms with van der Waals surface area (Å²) in [5, 5.41) is 8.88. The smallest absolute Gasteiger partial charge is 0.323 e. The molecule has 6 nitrogen and oxygen atoms in total. The summed E-state index contributed by atoms with van der Waals surface area (Å²) >= 11 is 8.34. The third kappa shape index (κ3) is 4.85. The number of thioether (sulfide) groups is 1. The van der Waals surface area contributed by atoms with Crippen molar-refractivity contribution in [2.75, 3.05) is 19.8 Å². The monoisotopic (exact) mass is 493 g/mol. The highest BCUT2D eigenvalue weighted by atomic mass is 127. The Morgan fingerprint density at radius 3 is 2.64 bits per heavy atom. The van der Waals surface area contributed by atoms with Crippen LogP contribution < -0.4 is 9.47 Å². The number of nitrogens with zero attached hydrogens (tertiary/aromatic N) is 1. The van der Waals surface area contributed by atoms with Gasteiger partial charge in [0, 0.05) is 0 Å². The number of aliphatic carboxylic acids is 1. The number of halogens is 1. The van der Waals surface area contributed by atoms with E-state index in [-0.39, 0.29) is 4.32 Å². The predicted molar refractivity (Wildman–Crippen MR) is 109 cm³/mol. The molecule has 1 aromatic carbocycles. The molecule has 1 aliphatic rings. The van der Waals surface area contributed by atoms with E-state index in [4.69, 9.17) is 26.8 Å². The molecule has 1 aromatic rings. The molecular formula is C16H16INO5S2. The fraction of sp³-hybridized carbons (Fsp3) is 0.312. The maximum Gasteiger partial charge on any atom is 0.323 e. The molecule has 0 bridgehead atoms. The SMILES string of the molecule is CCOc1cc(C=C2SC(=S)N(CC(=O)O)C2=O)cc(I)c1OCC. The van der Waals surface area contributed by atoms with E-state index in [0.29, 0.717) is 29.6 Å². The van der Waals surface area contributed by atoms with Crippen molar-refractivity contribution >= 4 is 68.8 Å². The summed E-state index contributed by atoms with van der Waals surface area (Å²) in [7, 11) is 0. The molecule has 1 N–H and O–H groups in total. The number of hydrogen-bond acceptors (Lipinski definition) is 6. The van der Waals surface area contributed by atoms with Crippen LogP contribution in [0, 0.1) is 3.57 Å². The minimum Gasteiger partial charge on any atom is -0.490 e. The number of carbonyl (C=O) groups is 2. The Morgan fingerprint density at radius 2 is 2.04 bits per heavy atom. The Labute approximate surface area is 168 Å². The van der Waals surface area contributed by atoms with Gasteiger partial charge in [-0.25, -0.2) is 0 Å². The van der Waals surface area contributed by atoms with E-state index in [0.717, 1.165) is 25.8 Å². The second kappa shape index (κ2) is 8.86. The molecule has 0 atom stereocenters. The van der Waals surface area contributed by atoms with Crippen molar-refractivity contribution < 1.29 is 24.2 Å². The minimum absolute atomic E-state index is 0.240. The lowest BCUT2D eigenvalue weighted by atomic mass is 10.2. The van der Waals surface area contributed by atoms with Gasteiger partial charge in [-0.1, -0.05) is 24.0 Å². The molecule has 1 heterocycles. The quantitative estimate of drug-likeness (QED) is 0.355. The maximum atomic E-state index is 12.3. The van der Waals surface area contributed by atoms with Gasteiger partial charge in [-0.3, -0.25) is 14.5 Å². The Morgan fingerprint density at radius 1 is 1.36 bits per heavy atom. The molecule has 2 rings (SSSR count). The molecule has 134 valence electrons. The predicted octanol–water partition coefficient (Wildman–Crippen LogP) is 3.37. The summed E-state index contributed by atoms with van der Waals surface area (Å²) in [6.07, 6.45) is 1.68. The van der Waals surface area contributed by atoms with Crippen LogP contribution in [0.15, 0.2) is 17.0 Å². The van der Waals surface area contributed by atoms with E-state index in [2.05, 4.69) is 22.6 Å². The van der Waals surface area contributed by atoms with Crippen LogP contribution in [-0.4, -0.2) is 46.0 Å². The lowest BCUT2D eigenvalue weighted by Gasteiger charge is -2.13. The molecule has 1 aliphatic heterocycles. The summed E-state index contributed by atoms with van der Waals surface area (Å²) in [6.45, 7) is 4.34. The second-order valence-electron chi connectivity index (χ2n) is 4.86. The Balaban J connectivity index is 2.36. The van der Waals surface area contributed by atoms with Gasteiger partial charge in [0.15, 0.2) is 11.5 Å². The first-order valence-electron chi connectivity index (χ1n) is 7.43. The molecule has 25 heavy (non-hydrogen) atoms. The van der Waals surface area contributed by atoms with Crippen molar-refractivity contribution in [2.24, 2.45) is 0 Å².